The summed E-state index contributed by atoms with van der Waals surface area (Å²) in [5.74, 6) is 0.905. The zero-order valence-corrected chi connectivity index (χ0v) is 13.0. The third kappa shape index (κ3) is 2.85. The molecule has 0 bridgehead atoms. The van der Waals surface area contributed by atoms with Crippen molar-refractivity contribution in [2.24, 2.45) is 0 Å². The Labute approximate surface area is 134 Å². The average Bonchev–Trinajstić information content (AvgIpc) is 2.50. The third-order valence-corrected chi connectivity index (χ3v) is 3.95. The number of benzene rings is 2. The Morgan fingerprint density at radius 2 is 1.95 bits per heavy atom. The molecule has 102 valence electrons. The van der Waals surface area contributed by atoms with Crippen LogP contribution in [0.1, 0.15) is 5.56 Å². The van der Waals surface area contributed by atoms with Crippen molar-refractivity contribution in [3.8, 4) is 17.7 Å². The third-order valence-electron chi connectivity index (χ3n) is 2.94. The lowest BCUT2D eigenvalue weighted by molar-refractivity contribution is 0.461. The fourth-order valence-corrected chi connectivity index (χ4v) is 2.77. The van der Waals surface area contributed by atoms with Crippen molar-refractivity contribution in [3.63, 3.8) is 0 Å². The minimum absolute atomic E-state index is 0.223. The van der Waals surface area contributed by atoms with E-state index in [0.29, 0.717) is 11.3 Å². The van der Waals surface area contributed by atoms with Gasteiger partial charge in [-0.25, -0.2) is 4.98 Å². The average molecular weight is 360 g/mol. The van der Waals surface area contributed by atoms with Gasteiger partial charge in [0.15, 0.2) is 0 Å². The van der Waals surface area contributed by atoms with Crippen LogP contribution in [0.5, 0.6) is 11.6 Å². The minimum atomic E-state index is 0.223. The molecule has 0 fully saturated rings. The molecule has 1 aromatic heterocycles. The largest absolute Gasteiger partial charge is 0.438 e. The maximum absolute atomic E-state index is 8.95. The predicted octanol–water partition coefficient (Wildman–Crippen LogP) is 5.31. The van der Waals surface area contributed by atoms with Crippen LogP contribution < -0.4 is 4.74 Å². The van der Waals surface area contributed by atoms with Crippen molar-refractivity contribution in [2.45, 2.75) is 0 Å². The zero-order valence-electron chi connectivity index (χ0n) is 10.7. The summed E-state index contributed by atoms with van der Waals surface area (Å²) in [5, 5.41) is 11.3. The summed E-state index contributed by atoms with van der Waals surface area (Å²) in [5.41, 5.74) is 0.405. The number of hydrogen-bond acceptors (Lipinski definition) is 3. The van der Waals surface area contributed by atoms with E-state index in [2.05, 4.69) is 20.9 Å². The molecule has 2 aromatic carbocycles. The number of nitriles is 1. The maximum Gasteiger partial charge on any atom is 0.222 e. The Balaban J connectivity index is 2.04. The van der Waals surface area contributed by atoms with Crippen LogP contribution in [0.4, 0.5) is 0 Å². The number of hydrogen-bond donors (Lipinski definition) is 0. The summed E-state index contributed by atoms with van der Waals surface area (Å²) in [6.45, 7) is 0. The van der Waals surface area contributed by atoms with E-state index in [9.17, 15) is 0 Å². The van der Waals surface area contributed by atoms with E-state index < -0.39 is 0 Å². The molecule has 0 radical (unpaired) electrons. The monoisotopic (exact) mass is 358 g/mol. The van der Waals surface area contributed by atoms with E-state index in [0.717, 1.165) is 15.2 Å². The van der Waals surface area contributed by atoms with E-state index in [1.807, 2.05) is 42.5 Å². The number of pyridine rings is 1. The fourth-order valence-electron chi connectivity index (χ4n) is 1.99. The van der Waals surface area contributed by atoms with Gasteiger partial charge in [0.2, 0.25) is 5.88 Å². The van der Waals surface area contributed by atoms with Crippen LogP contribution in [0.15, 0.2) is 53.0 Å². The van der Waals surface area contributed by atoms with Crippen molar-refractivity contribution in [1.29, 1.82) is 5.26 Å². The lowest BCUT2D eigenvalue weighted by atomic mass is 10.1. The molecule has 0 amide bonds. The summed E-state index contributed by atoms with van der Waals surface area (Å²) in [7, 11) is 0. The Morgan fingerprint density at radius 3 is 2.76 bits per heavy atom. The van der Waals surface area contributed by atoms with E-state index >= 15 is 0 Å². The standard InChI is InChI=1S/C16H8BrClN2O/c17-16-12-4-2-1-3-11(12)5-6-13(16)21-15-8-10(9-19)7-14(18)20-15/h1-8H. The van der Waals surface area contributed by atoms with Gasteiger partial charge in [0.1, 0.15) is 10.9 Å². The predicted molar refractivity (Wildman–Crippen MR) is 85.7 cm³/mol. The van der Waals surface area contributed by atoms with Crippen molar-refractivity contribution in [3.05, 3.63) is 63.7 Å². The molecule has 0 aliphatic rings. The first-order valence-corrected chi connectivity index (χ1v) is 7.27. The highest BCUT2D eigenvalue weighted by Gasteiger charge is 2.09. The number of fused-ring (bicyclic) bond motifs is 1. The van der Waals surface area contributed by atoms with Crippen molar-refractivity contribution < 1.29 is 4.74 Å². The molecule has 0 aliphatic heterocycles. The molecule has 0 saturated carbocycles. The van der Waals surface area contributed by atoms with Gasteiger partial charge in [-0.05, 0) is 38.8 Å². The molecule has 3 nitrogen and oxygen atoms in total. The van der Waals surface area contributed by atoms with Crippen LogP contribution in [0.2, 0.25) is 5.15 Å². The first kappa shape index (κ1) is 13.9. The number of halogens is 2. The number of aromatic nitrogens is 1. The Morgan fingerprint density at radius 1 is 1.14 bits per heavy atom. The normalized spacial score (nSPS) is 10.3. The van der Waals surface area contributed by atoms with Gasteiger partial charge in [0.25, 0.3) is 0 Å². The summed E-state index contributed by atoms with van der Waals surface area (Å²) < 4.78 is 6.58. The summed E-state index contributed by atoms with van der Waals surface area (Å²) in [6, 6.07) is 16.8. The minimum Gasteiger partial charge on any atom is -0.438 e. The van der Waals surface area contributed by atoms with Crippen molar-refractivity contribution >= 4 is 38.3 Å². The van der Waals surface area contributed by atoms with Crippen molar-refractivity contribution in [1.82, 2.24) is 4.98 Å². The molecule has 0 unspecified atom stereocenters. The van der Waals surface area contributed by atoms with E-state index in [1.165, 1.54) is 6.07 Å². The molecule has 0 saturated heterocycles. The maximum atomic E-state index is 8.95. The van der Waals surface area contributed by atoms with E-state index in [1.54, 1.807) is 6.07 Å². The zero-order chi connectivity index (χ0) is 14.8. The van der Waals surface area contributed by atoms with Gasteiger partial charge in [0.05, 0.1) is 16.1 Å². The van der Waals surface area contributed by atoms with E-state index in [4.69, 9.17) is 21.6 Å². The molecule has 3 rings (SSSR count). The second-order valence-corrected chi connectivity index (χ2v) is 5.51. The van der Waals surface area contributed by atoms with Gasteiger partial charge in [-0.2, -0.15) is 5.26 Å². The molecule has 1 heterocycles. The van der Waals surface area contributed by atoms with Gasteiger partial charge in [-0.1, -0.05) is 41.9 Å². The van der Waals surface area contributed by atoms with Crippen LogP contribution in [-0.2, 0) is 0 Å². The summed E-state index contributed by atoms with van der Waals surface area (Å²) in [4.78, 5) is 4.07. The van der Waals surface area contributed by atoms with Gasteiger partial charge in [-0.15, -0.1) is 0 Å². The Hall–Kier alpha value is -2.09. The van der Waals surface area contributed by atoms with Crippen LogP contribution in [0, 0.1) is 11.3 Å². The second-order valence-electron chi connectivity index (χ2n) is 4.33. The van der Waals surface area contributed by atoms with Crippen LogP contribution in [0.25, 0.3) is 10.8 Å². The van der Waals surface area contributed by atoms with Gasteiger partial charge in [-0.3, -0.25) is 0 Å². The number of nitrogens with zero attached hydrogens (tertiary/aromatic N) is 2. The molecule has 0 atom stereocenters. The van der Waals surface area contributed by atoms with Gasteiger partial charge >= 0.3 is 0 Å². The number of rotatable bonds is 2. The first-order chi connectivity index (χ1) is 10.2. The van der Waals surface area contributed by atoms with Gasteiger partial charge in [0, 0.05) is 6.07 Å². The lowest BCUT2D eigenvalue weighted by Crippen LogP contribution is -1.91. The Kier molecular flexibility index (Phi) is 3.78. The van der Waals surface area contributed by atoms with E-state index in [-0.39, 0.29) is 11.0 Å². The lowest BCUT2D eigenvalue weighted by Gasteiger charge is -2.09. The topological polar surface area (TPSA) is 45.9 Å². The first-order valence-electron chi connectivity index (χ1n) is 6.10. The molecule has 21 heavy (non-hydrogen) atoms. The molecule has 5 heteroatoms. The quantitative estimate of drug-likeness (QED) is 0.582. The second kappa shape index (κ2) is 5.72. The highest BCUT2D eigenvalue weighted by molar-refractivity contribution is 9.10. The van der Waals surface area contributed by atoms with Crippen LogP contribution in [0.3, 0.4) is 0 Å². The molecule has 0 spiro atoms. The van der Waals surface area contributed by atoms with Crippen LogP contribution >= 0.6 is 27.5 Å². The van der Waals surface area contributed by atoms with Gasteiger partial charge < -0.3 is 4.74 Å². The molecular formula is C16H8BrClN2O. The molecule has 0 N–H and O–H groups in total. The smallest absolute Gasteiger partial charge is 0.222 e. The SMILES string of the molecule is N#Cc1cc(Cl)nc(Oc2ccc3ccccc3c2Br)c1. The molecule has 0 aliphatic carbocycles. The van der Waals surface area contributed by atoms with Crippen LogP contribution in [-0.4, -0.2) is 4.98 Å². The Bertz CT molecular complexity index is 874. The summed E-state index contributed by atoms with van der Waals surface area (Å²) in [6.07, 6.45) is 0. The summed E-state index contributed by atoms with van der Waals surface area (Å²) >= 11 is 9.42. The van der Waals surface area contributed by atoms with Crippen molar-refractivity contribution in [2.75, 3.05) is 0 Å². The fraction of sp³-hybridized carbons (Fsp3) is 0. The molecule has 3 aromatic rings. The highest BCUT2D eigenvalue weighted by Crippen LogP contribution is 2.35. The number of ether oxygens (including phenoxy) is 1. The highest BCUT2D eigenvalue weighted by atomic mass is 79.9. The molecular weight excluding hydrogens is 352 g/mol.